The monoisotopic (exact) mass is 337 g/mol. The van der Waals surface area contributed by atoms with E-state index in [1.54, 1.807) is 11.1 Å². The van der Waals surface area contributed by atoms with E-state index in [4.69, 9.17) is 0 Å². The first-order valence-electron chi connectivity index (χ1n) is 9.56. The summed E-state index contributed by atoms with van der Waals surface area (Å²) < 4.78 is 0. The third kappa shape index (κ3) is 2.47. The molecule has 0 unspecified atom stereocenters. The Morgan fingerprint density at radius 3 is 2.08 bits per heavy atom. The van der Waals surface area contributed by atoms with Gasteiger partial charge in [-0.1, -0.05) is 54.1 Å². The summed E-state index contributed by atoms with van der Waals surface area (Å²) in [7, 11) is 0. The summed E-state index contributed by atoms with van der Waals surface area (Å²) in [5, 5.41) is 0. The normalized spacial score (nSPS) is 14.7. The molecular formula is C25H23N. The van der Waals surface area contributed by atoms with E-state index in [0.29, 0.717) is 0 Å². The summed E-state index contributed by atoms with van der Waals surface area (Å²) in [6.45, 7) is 2.25. The van der Waals surface area contributed by atoms with Gasteiger partial charge in [-0.3, -0.25) is 0 Å². The molecule has 0 saturated carbocycles. The summed E-state index contributed by atoms with van der Waals surface area (Å²) in [5.74, 6) is 0. The van der Waals surface area contributed by atoms with Crippen molar-refractivity contribution in [1.29, 1.82) is 0 Å². The highest BCUT2D eigenvalue weighted by Gasteiger charge is 2.27. The Hall–Kier alpha value is -2.80. The van der Waals surface area contributed by atoms with Gasteiger partial charge in [-0.15, -0.1) is 0 Å². The minimum Gasteiger partial charge on any atom is -0.310 e. The van der Waals surface area contributed by atoms with Crippen LogP contribution in [0.4, 0.5) is 17.1 Å². The fraction of sp³-hybridized carbons (Fsp3) is 0.200. The van der Waals surface area contributed by atoms with E-state index >= 15 is 0 Å². The summed E-state index contributed by atoms with van der Waals surface area (Å²) in [5.41, 5.74) is 11.4. The van der Waals surface area contributed by atoms with Crippen LogP contribution in [0.3, 0.4) is 0 Å². The first-order valence-corrected chi connectivity index (χ1v) is 9.56. The van der Waals surface area contributed by atoms with Crippen LogP contribution in [-0.4, -0.2) is 0 Å². The Morgan fingerprint density at radius 1 is 0.769 bits per heavy atom. The molecule has 1 nitrogen and oxygen atoms in total. The zero-order valence-corrected chi connectivity index (χ0v) is 15.2. The van der Waals surface area contributed by atoms with E-state index in [-0.39, 0.29) is 0 Å². The molecule has 0 amide bonds. The van der Waals surface area contributed by atoms with E-state index in [2.05, 4.69) is 84.6 Å². The first-order chi connectivity index (χ1) is 12.8. The van der Waals surface area contributed by atoms with E-state index in [0.717, 1.165) is 6.42 Å². The molecule has 0 heterocycles. The lowest BCUT2D eigenvalue weighted by molar-refractivity contribution is 0.910. The molecule has 128 valence electrons. The van der Waals surface area contributed by atoms with Crippen LogP contribution in [0.1, 0.15) is 35.6 Å². The standard InChI is InChI=1S/C25H23N/c1-18-15-20-17-19-9-8-14-23(19)25(24(20)16-18)26(21-10-4-2-5-11-21)22-12-6-3-7-13-22/h2-7,10-13,16-17H,8-9,14-15H2,1H3. The van der Waals surface area contributed by atoms with Crippen LogP contribution in [0.25, 0.3) is 6.08 Å². The molecule has 0 atom stereocenters. The predicted molar refractivity (Wildman–Crippen MR) is 111 cm³/mol. The molecule has 0 aliphatic heterocycles. The number of hydrogen-bond donors (Lipinski definition) is 0. The number of hydrogen-bond acceptors (Lipinski definition) is 1. The highest BCUT2D eigenvalue weighted by atomic mass is 15.1. The second-order valence-electron chi connectivity index (χ2n) is 7.46. The summed E-state index contributed by atoms with van der Waals surface area (Å²) in [4.78, 5) is 2.47. The summed E-state index contributed by atoms with van der Waals surface area (Å²) >= 11 is 0. The van der Waals surface area contributed by atoms with Crippen molar-refractivity contribution in [2.45, 2.75) is 32.6 Å². The number of para-hydroxylation sites is 2. The Morgan fingerprint density at radius 2 is 1.42 bits per heavy atom. The Bertz CT molecular complexity index is 944. The number of rotatable bonds is 3. The molecule has 5 rings (SSSR count). The predicted octanol–water partition coefficient (Wildman–Crippen LogP) is 6.60. The van der Waals surface area contributed by atoms with Crippen LogP contribution in [0.5, 0.6) is 0 Å². The average molecular weight is 337 g/mol. The number of fused-ring (bicyclic) bond motifs is 2. The van der Waals surface area contributed by atoms with Crippen molar-refractivity contribution in [2.24, 2.45) is 0 Å². The van der Waals surface area contributed by atoms with Gasteiger partial charge in [-0.25, -0.2) is 0 Å². The molecule has 0 bridgehead atoms. The molecule has 0 aromatic heterocycles. The average Bonchev–Trinajstić information content (AvgIpc) is 3.28. The van der Waals surface area contributed by atoms with Gasteiger partial charge in [0.15, 0.2) is 0 Å². The van der Waals surface area contributed by atoms with E-state index < -0.39 is 0 Å². The molecule has 2 aliphatic carbocycles. The molecule has 2 aliphatic rings. The third-order valence-corrected chi connectivity index (χ3v) is 5.61. The Kier molecular flexibility index (Phi) is 3.67. The fourth-order valence-corrected chi connectivity index (χ4v) is 4.52. The maximum absolute atomic E-state index is 2.47. The van der Waals surface area contributed by atoms with Crippen molar-refractivity contribution in [1.82, 2.24) is 0 Å². The fourth-order valence-electron chi connectivity index (χ4n) is 4.52. The van der Waals surface area contributed by atoms with E-state index in [1.165, 1.54) is 53.0 Å². The highest BCUT2D eigenvalue weighted by Crippen LogP contribution is 2.46. The molecular weight excluding hydrogens is 314 g/mol. The van der Waals surface area contributed by atoms with Gasteiger partial charge in [-0.05, 0) is 73.6 Å². The van der Waals surface area contributed by atoms with Gasteiger partial charge in [0.2, 0.25) is 0 Å². The molecule has 0 N–H and O–H groups in total. The van der Waals surface area contributed by atoms with Gasteiger partial charge < -0.3 is 4.90 Å². The van der Waals surface area contributed by atoms with Crippen LogP contribution in [0.2, 0.25) is 0 Å². The first kappa shape index (κ1) is 15.5. The maximum Gasteiger partial charge on any atom is 0.0571 e. The summed E-state index contributed by atoms with van der Waals surface area (Å²) in [6.07, 6.45) is 7.16. The van der Waals surface area contributed by atoms with Crippen molar-refractivity contribution in [3.8, 4) is 0 Å². The van der Waals surface area contributed by atoms with Gasteiger partial charge in [0.25, 0.3) is 0 Å². The number of benzene rings is 3. The largest absolute Gasteiger partial charge is 0.310 e. The maximum atomic E-state index is 2.47. The summed E-state index contributed by atoms with van der Waals surface area (Å²) in [6, 6.07) is 24.1. The van der Waals surface area contributed by atoms with Crippen LogP contribution in [-0.2, 0) is 19.3 Å². The van der Waals surface area contributed by atoms with E-state index in [9.17, 15) is 0 Å². The van der Waals surface area contributed by atoms with Crippen molar-refractivity contribution in [3.05, 3.63) is 94.6 Å². The SMILES string of the molecule is CC1=Cc2c(cc3c(c2N(c2ccccc2)c2ccccc2)CCC3)C1. The van der Waals surface area contributed by atoms with E-state index in [1.807, 2.05) is 0 Å². The zero-order valence-electron chi connectivity index (χ0n) is 15.2. The minimum atomic E-state index is 1.09. The molecule has 0 saturated heterocycles. The van der Waals surface area contributed by atoms with Crippen molar-refractivity contribution in [3.63, 3.8) is 0 Å². The minimum absolute atomic E-state index is 1.09. The lowest BCUT2D eigenvalue weighted by Crippen LogP contribution is -2.14. The second-order valence-corrected chi connectivity index (χ2v) is 7.46. The van der Waals surface area contributed by atoms with Gasteiger partial charge >= 0.3 is 0 Å². The van der Waals surface area contributed by atoms with Gasteiger partial charge in [0, 0.05) is 16.9 Å². The van der Waals surface area contributed by atoms with Crippen LogP contribution in [0, 0.1) is 0 Å². The highest BCUT2D eigenvalue weighted by molar-refractivity contribution is 5.88. The quantitative estimate of drug-likeness (QED) is 0.520. The lowest BCUT2D eigenvalue weighted by Gasteiger charge is -2.30. The molecule has 0 fully saturated rings. The van der Waals surface area contributed by atoms with Crippen molar-refractivity contribution in [2.75, 3.05) is 4.90 Å². The second kappa shape index (κ2) is 6.17. The molecule has 3 aromatic carbocycles. The van der Waals surface area contributed by atoms with Crippen LogP contribution in [0.15, 0.2) is 72.3 Å². The van der Waals surface area contributed by atoms with Crippen molar-refractivity contribution >= 4 is 23.1 Å². The topological polar surface area (TPSA) is 3.24 Å². The molecule has 1 heteroatoms. The Labute approximate surface area is 155 Å². The Balaban J connectivity index is 1.81. The molecule has 0 radical (unpaired) electrons. The van der Waals surface area contributed by atoms with Gasteiger partial charge in [-0.2, -0.15) is 0 Å². The lowest BCUT2D eigenvalue weighted by atomic mass is 9.96. The van der Waals surface area contributed by atoms with Crippen LogP contribution < -0.4 is 4.90 Å². The third-order valence-electron chi connectivity index (χ3n) is 5.61. The van der Waals surface area contributed by atoms with Gasteiger partial charge in [0.1, 0.15) is 0 Å². The molecule has 26 heavy (non-hydrogen) atoms. The molecule has 3 aromatic rings. The number of aryl methyl sites for hydroxylation is 1. The van der Waals surface area contributed by atoms with Crippen molar-refractivity contribution < 1.29 is 0 Å². The zero-order chi connectivity index (χ0) is 17.5. The van der Waals surface area contributed by atoms with Crippen LogP contribution >= 0.6 is 0 Å². The number of nitrogens with zero attached hydrogens (tertiary/aromatic N) is 1. The smallest absolute Gasteiger partial charge is 0.0571 e. The molecule has 0 spiro atoms. The number of allylic oxidation sites excluding steroid dienone is 1. The van der Waals surface area contributed by atoms with Gasteiger partial charge in [0.05, 0.1) is 5.69 Å². The number of anilines is 3.